The van der Waals surface area contributed by atoms with Gasteiger partial charge in [-0.3, -0.25) is 9.59 Å². The minimum atomic E-state index is -0.0327. The second kappa shape index (κ2) is 7.68. The van der Waals surface area contributed by atoms with Crippen molar-refractivity contribution in [1.82, 2.24) is 9.88 Å². The number of nitrogens with zero attached hydrogens (tertiary/aromatic N) is 2. The van der Waals surface area contributed by atoms with Gasteiger partial charge in [0.25, 0.3) is 5.91 Å². The van der Waals surface area contributed by atoms with Crippen LogP contribution in [0.3, 0.4) is 0 Å². The summed E-state index contributed by atoms with van der Waals surface area (Å²) in [6, 6.07) is 7.67. The highest BCUT2D eigenvalue weighted by Crippen LogP contribution is 2.31. The first-order chi connectivity index (χ1) is 13.1. The number of fused-ring (bicyclic) bond motifs is 1. The number of hydrogen-bond donors (Lipinski definition) is 1. The fourth-order valence-corrected chi connectivity index (χ4v) is 4.24. The number of carbonyl (C=O) groups is 2. The molecule has 1 aromatic heterocycles. The first-order valence-electron chi connectivity index (χ1n) is 9.35. The molecule has 0 unspecified atom stereocenters. The minimum Gasteiger partial charge on any atom is -0.484 e. The monoisotopic (exact) mass is 385 g/mol. The molecule has 1 aliphatic carbocycles. The van der Waals surface area contributed by atoms with E-state index in [9.17, 15) is 9.59 Å². The molecule has 0 spiro atoms. The number of aryl methyl sites for hydroxylation is 1. The fourth-order valence-electron chi connectivity index (χ4n) is 3.21. The van der Waals surface area contributed by atoms with Gasteiger partial charge < -0.3 is 15.0 Å². The lowest BCUT2D eigenvalue weighted by atomic mass is 9.85. The maximum atomic E-state index is 12.5. The highest BCUT2D eigenvalue weighted by atomic mass is 32.1. The standard InChI is InChI=1S/C20H23N3O3S/c1-13-5-7-15(8-6-13)26-12-18(24)23-10-9-16-17(11-23)27-20(21-16)22-19(25)14-3-2-4-14/h5-8,14H,2-4,9-12H2,1H3,(H,21,22,25). The number of ether oxygens (including phenoxy) is 1. The molecular weight excluding hydrogens is 362 g/mol. The second-order valence-corrected chi connectivity index (χ2v) is 8.26. The van der Waals surface area contributed by atoms with Crippen LogP contribution in [0.2, 0.25) is 0 Å². The Bertz CT molecular complexity index is 843. The Hall–Kier alpha value is -2.41. The first kappa shape index (κ1) is 18.0. The van der Waals surface area contributed by atoms with Gasteiger partial charge in [-0.2, -0.15) is 0 Å². The summed E-state index contributed by atoms with van der Waals surface area (Å²) in [7, 11) is 0. The molecule has 0 bridgehead atoms. The number of amides is 2. The summed E-state index contributed by atoms with van der Waals surface area (Å²) in [6.45, 7) is 3.20. The van der Waals surface area contributed by atoms with E-state index in [2.05, 4.69) is 10.3 Å². The zero-order valence-electron chi connectivity index (χ0n) is 15.4. The van der Waals surface area contributed by atoms with E-state index in [1.54, 1.807) is 4.90 Å². The maximum Gasteiger partial charge on any atom is 0.260 e. The van der Waals surface area contributed by atoms with E-state index in [1.165, 1.54) is 11.3 Å². The van der Waals surface area contributed by atoms with Crippen LogP contribution in [0.4, 0.5) is 5.13 Å². The lowest BCUT2D eigenvalue weighted by Gasteiger charge is -2.26. The largest absolute Gasteiger partial charge is 0.484 e. The topological polar surface area (TPSA) is 71.5 Å². The molecule has 142 valence electrons. The zero-order chi connectivity index (χ0) is 18.8. The summed E-state index contributed by atoms with van der Waals surface area (Å²) >= 11 is 1.48. The predicted molar refractivity (Wildman–Crippen MR) is 104 cm³/mol. The van der Waals surface area contributed by atoms with Crippen LogP contribution in [-0.2, 0) is 22.6 Å². The van der Waals surface area contributed by atoms with E-state index in [0.29, 0.717) is 30.4 Å². The molecule has 4 rings (SSSR count). The van der Waals surface area contributed by atoms with Gasteiger partial charge in [0, 0.05) is 23.8 Å². The molecule has 2 aliphatic rings. The van der Waals surface area contributed by atoms with Crippen LogP contribution in [0.15, 0.2) is 24.3 Å². The van der Waals surface area contributed by atoms with E-state index in [0.717, 1.165) is 35.4 Å². The van der Waals surface area contributed by atoms with Gasteiger partial charge in [-0.25, -0.2) is 4.98 Å². The molecule has 0 atom stereocenters. The fraction of sp³-hybridized carbons (Fsp3) is 0.450. The number of anilines is 1. The van der Waals surface area contributed by atoms with Gasteiger partial charge in [0.2, 0.25) is 5.91 Å². The molecule has 7 heteroatoms. The maximum absolute atomic E-state index is 12.5. The average Bonchev–Trinajstić information content (AvgIpc) is 3.00. The van der Waals surface area contributed by atoms with Crippen LogP contribution < -0.4 is 10.1 Å². The van der Waals surface area contributed by atoms with Crippen LogP contribution in [0.5, 0.6) is 5.75 Å². The number of rotatable bonds is 5. The lowest BCUT2D eigenvalue weighted by Crippen LogP contribution is -2.38. The Kier molecular flexibility index (Phi) is 5.11. The third kappa shape index (κ3) is 4.13. The number of aromatic nitrogens is 1. The predicted octanol–water partition coefficient (Wildman–Crippen LogP) is 3.15. The van der Waals surface area contributed by atoms with Crippen molar-refractivity contribution < 1.29 is 14.3 Å². The minimum absolute atomic E-state index is 0.0302. The Morgan fingerprint density at radius 1 is 1.30 bits per heavy atom. The van der Waals surface area contributed by atoms with Crippen LogP contribution in [-0.4, -0.2) is 34.8 Å². The molecule has 2 heterocycles. The van der Waals surface area contributed by atoms with Crippen molar-refractivity contribution >= 4 is 28.3 Å². The highest BCUT2D eigenvalue weighted by molar-refractivity contribution is 7.15. The van der Waals surface area contributed by atoms with E-state index in [4.69, 9.17) is 4.74 Å². The summed E-state index contributed by atoms with van der Waals surface area (Å²) in [4.78, 5) is 32.0. The van der Waals surface area contributed by atoms with Crippen molar-refractivity contribution in [3.8, 4) is 5.75 Å². The quantitative estimate of drug-likeness (QED) is 0.858. The Morgan fingerprint density at radius 2 is 2.07 bits per heavy atom. The van der Waals surface area contributed by atoms with Crippen LogP contribution in [0.1, 0.15) is 35.4 Å². The summed E-state index contributed by atoms with van der Waals surface area (Å²) in [5.41, 5.74) is 2.15. The van der Waals surface area contributed by atoms with Gasteiger partial charge >= 0.3 is 0 Å². The summed E-state index contributed by atoms with van der Waals surface area (Å²) in [5, 5.41) is 3.59. The van der Waals surface area contributed by atoms with Crippen LogP contribution in [0, 0.1) is 12.8 Å². The molecule has 1 aromatic carbocycles. The third-order valence-corrected chi connectivity index (χ3v) is 6.17. The second-order valence-electron chi connectivity index (χ2n) is 7.17. The Balaban J connectivity index is 1.32. The van der Waals surface area contributed by atoms with Crippen molar-refractivity contribution in [3.63, 3.8) is 0 Å². The van der Waals surface area contributed by atoms with Crippen molar-refractivity contribution in [1.29, 1.82) is 0 Å². The zero-order valence-corrected chi connectivity index (χ0v) is 16.2. The van der Waals surface area contributed by atoms with Crippen LogP contribution in [0.25, 0.3) is 0 Å². The number of hydrogen-bond acceptors (Lipinski definition) is 5. The molecule has 0 saturated heterocycles. The molecule has 0 radical (unpaired) electrons. The van der Waals surface area contributed by atoms with E-state index in [1.807, 2.05) is 31.2 Å². The van der Waals surface area contributed by atoms with Crippen molar-refractivity contribution in [2.75, 3.05) is 18.5 Å². The smallest absolute Gasteiger partial charge is 0.260 e. The SMILES string of the molecule is Cc1ccc(OCC(=O)N2CCc3nc(NC(=O)C4CCC4)sc3C2)cc1. The number of thiazole rings is 1. The Morgan fingerprint density at radius 3 is 2.78 bits per heavy atom. The number of carbonyl (C=O) groups excluding carboxylic acids is 2. The molecule has 1 fully saturated rings. The number of benzene rings is 1. The van der Waals surface area contributed by atoms with E-state index < -0.39 is 0 Å². The van der Waals surface area contributed by atoms with Gasteiger partial charge in [-0.1, -0.05) is 35.5 Å². The van der Waals surface area contributed by atoms with Crippen LogP contribution >= 0.6 is 11.3 Å². The molecule has 1 N–H and O–H groups in total. The third-order valence-electron chi connectivity index (χ3n) is 5.17. The summed E-state index contributed by atoms with van der Waals surface area (Å²) in [6.07, 6.45) is 3.79. The molecule has 27 heavy (non-hydrogen) atoms. The van der Waals surface area contributed by atoms with Gasteiger partial charge in [0.15, 0.2) is 11.7 Å². The molecule has 2 aromatic rings. The molecule has 1 saturated carbocycles. The summed E-state index contributed by atoms with van der Waals surface area (Å²) < 4.78 is 5.61. The number of nitrogens with one attached hydrogen (secondary N) is 1. The van der Waals surface area contributed by atoms with Gasteiger partial charge in [0.05, 0.1) is 12.2 Å². The molecule has 6 nitrogen and oxygen atoms in total. The van der Waals surface area contributed by atoms with E-state index >= 15 is 0 Å². The van der Waals surface area contributed by atoms with E-state index in [-0.39, 0.29) is 24.3 Å². The van der Waals surface area contributed by atoms with Gasteiger partial charge in [-0.15, -0.1) is 0 Å². The molecular formula is C20H23N3O3S. The molecule has 2 amide bonds. The van der Waals surface area contributed by atoms with Crippen molar-refractivity contribution in [2.24, 2.45) is 5.92 Å². The molecule has 1 aliphatic heterocycles. The normalized spacial score (nSPS) is 16.4. The van der Waals surface area contributed by atoms with Crippen molar-refractivity contribution in [2.45, 2.75) is 39.2 Å². The van der Waals surface area contributed by atoms with Gasteiger partial charge in [0.1, 0.15) is 5.75 Å². The highest BCUT2D eigenvalue weighted by Gasteiger charge is 2.28. The average molecular weight is 385 g/mol. The Labute approximate surface area is 162 Å². The first-order valence-corrected chi connectivity index (χ1v) is 10.2. The lowest BCUT2D eigenvalue weighted by molar-refractivity contribution is -0.134. The summed E-state index contributed by atoms with van der Waals surface area (Å²) in [5.74, 6) is 0.884. The van der Waals surface area contributed by atoms with Gasteiger partial charge in [-0.05, 0) is 31.9 Å². The van der Waals surface area contributed by atoms with Crippen molar-refractivity contribution in [3.05, 3.63) is 40.4 Å².